The lowest BCUT2D eigenvalue weighted by molar-refractivity contribution is 0.0612. The fourth-order valence-corrected chi connectivity index (χ4v) is 3.89. The molecule has 5 heteroatoms. The molecule has 1 aromatic rings. The summed E-state index contributed by atoms with van der Waals surface area (Å²) in [6, 6.07) is 4.03. The van der Waals surface area contributed by atoms with Crippen LogP contribution in [0.4, 0.5) is 0 Å². The van der Waals surface area contributed by atoms with Crippen LogP contribution in [-0.2, 0) is 11.8 Å². The second-order valence-corrected chi connectivity index (χ2v) is 6.50. The molecule has 1 N–H and O–H groups in total. The van der Waals surface area contributed by atoms with Gasteiger partial charge in [0.25, 0.3) is 5.91 Å². The van der Waals surface area contributed by atoms with Crippen molar-refractivity contribution in [3.8, 4) is 0 Å². The predicted molar refractivity (Wildman–Crippen MR) is 81.3 cm³/mol. The van der Waals surface area contributed by atoms with Crippen LogP contribution in [0.5, 0.6) is 0 Å². The Morgan fingerprint density at radius 1 is 1.48 bits per heavy atom. The topological polar surface area (TPSA) is 46.5 Å². The smallest absolute Gasteiger partial charge is 0.270 e. The van der Waals surface area contributed by atoms with Gasteiger partial charge in [-0.2, -0.15) is 0 Å². The van der Waals surface area contributed by atoms with Gasteiger partial charge in [0, 0.05) is 26.9 Å². The summed E-state index contributed by atoms with van der Waals surface area (Å²) in [6.45, 7) is 3.62. The van der Waals surface area contributed by atoms with Crippen LogP contribution >= 0.6 is 0 Å². The number of rotatable bonds is 3. The molecule has 1 amide bonds. The van der Waals surface area contributed by atoms with E-state index in [1.54, 1.807) is 7.11 Å². The summed E-state index contributed by atoms with van der Waals surface area (Å²) in [6.07, 6.45) is 5.31. The van der Waals surface area contributed by atoms with Gasteiger partial charge in [-0.05, 0) is 49.9 Å². The van der Waals surface area contributed by atoms with Gasteiger partial charge in [0.15, 0.2) is 0 Å². The third-order valence-electron chi connectivity index (χ3n) is 5.06. The van der Waals surface area contributed by atoms with E-state index >= 15 is 0 Å². The molecule has 1 spiro atoms. The van der Waals surface area contributed by atoms with Gasteiger partial charge in [0.05, 0.1) is 12.6 Å². The molecule has 0 saturated carbocycles. The van der Waals surface area contributed by atoms with Gasteiger partial charge in [0.1, 0.15) is 5.69 Å². The largest absolute Gasteiger partial charge is 0.383 e. The van der Waals surface area contributed by atoms with Crippen molar-refractivity contribution in [2.24, 2.45) is 12.5 Å². The number of carbonyl (C=O) groups excluding carboxylic acids is 1. The number of aryl methyl sites for hydroxylation is 1. The van der Waals surface area contributed by atoms with Gasteiger partial charge in [-0.25, -0.2) is 0 Å². The maximum absolute atomic E-state index is 12.9. The van der Waals surface area contributed by atoms with Crippen LogP contribution in [0.15, 0.2) is 18.3 Å². The van der Waals surface area contributed by atoms with Crippen molar-refractivity contribution in [2.75, 3.05) is 33.4 Å². The van der Waals surface area contributed by atoms with Crippen LogP contribution in [0.3, 0.4) is 0 Å². The number of likely N-dealkylation sites (tertiary alicyclic amines) is 1. The Kier molecular flexibility index (Phi) is 4.04. The Bertz CT molecular complexity index is 505. The Hall–Kier alpha value is -1.33. The fourth-order valence-electron chi connectivity index (χ4n) is 3.89. The number of amides is 1. The van der Waals surface area contributed by atoms with Crippen molar-refractivity contribution in [3.05, 3.63) is 24.0 Å². The Balaban J connectivity index is 1.81. The molecule has 21 heavy (non-hydrogen) atoms. The van der Waals surface area contributed by atoms with Crippen molar-refractivity contribution in [1.82, 2.24) is 14.8 Å². The molecule has 3 rings (SSSR count). The van der Waals surface area contributed by atoms with Gasteiger partial charge < -0.3 is 19.5 Å². The Labute approximate surface area is 126 Å². The highest BCUT2D eigenvalue weighted by atomic mass is 16.5. The van der Waals surface area contributed by atoms with E-state index in [2.05, 4.69) is 5.32 Å². The number of nitrogens with zero attached hydrogens (tertiary/aromatic N) is 2. The maximum atomic E-state index is 12.9. The third kappa shape index (κ3) is 2.72. The molecule has 1 unspecified atom stereocenters. The van der Waals surface area contributed by atoms with E-state index in [9.17, 15) is 4.79 Å². The SMILES string of the molecule is COCC1CC2(CCNCC2)CN1C(=O)c1cccn1C. The molecule has 2 fully saturated rings. The lowest BCUT2D eigenvalue weighted by Gasteiger charge is -2.33. The summed E-state index contributed by atoms with van der Waals surface area (Å²) < 4.78 is 7.27. The third-order valence-corrected chi connectivity index (χ3v) is 5.06. The maximum Gasteiger partial charge on any atom is 0.270 e. The number of carbonyl (C=O) groups is 1. The van der Waals surface area contributed by atoms with Gasteiger partial charge in [0.2, 0.25) is 0 Å². The van der Waals surface area contributed by atoms with Crippen LogP contribution in [0, 0.1) is 5.41 Å². The number of nitrogens with one attached hydrogen (secondary N) is 1. The molecule has 3 heterocycles. The van der Waals surface area contributed by atoms with Crippen LogP contribution in [0.25, 0.3) is 0 Å². The van der Waals surface area contributed by atoms with E-state index in [1.165, 1.54) is 0 Å². The number of hydrogen-bond acceptors (Lipinski definition) is 3. The number of hydrogen-bond donors (Lipinski definition) is 1. The van der Waals surface area contributed by atoms with E-state index in [0.29, 0.717) is 6.61 Å². The number of piperidine rings is 1. The van der Waals surface area contributed by atoms with E-state index in [-0.39, 0.29) is 17.4 Å². The van der Waals surface area contributed by atoms with Crippen LogP contribution < -0.4 is 5.32 Å². The minimum absolute atomic E-state index is 0.139. The molecule has 2 aliphatic rings. The number of methoxy groups -OCH3 is 1. The molecule has 0 aromatic carbocycles. The van der Waals surface area contributed by atoms with E-state index in [0.717, 1.165) is 44.6 Å². The average Bonchev–Trinajstić information content (AvgIpc) is 3.04. The van der Waals surface area contributed by atoms with Crippen LogP contribution in [0.1, 0.15) is 29.8 Å². The first-order chi connectivity index (χ1) is 10.2. The van der Waals surface area contributed by atoms with Gasteiger partial charge in [-0.3, -0.25) is 4.79 Å². The van der Waals surface area contributed by atoms with Crippen molar-refractivity contribution in [1.29, 1.82) is 0 Å². The lowest BCUT2D eigenvalue weighted by Crippen LogP contribution is -2.41. The quantitative estimate of drug-likeness (QED) is 0.912. The highest BCUT2D eigenvalue weighted by Crippen LogP contribution is 2.42. The molecule has 2 aliphatic heterocycles. The summed E-state index contributed by atoms with van der Waals surface area (Å²) in [7, 11) is 3.65. The monoisotopic (exact) mass is 291 g/mol. The molecular weight excluding hydrogens is 266 g/mol. The molecule has 1 aromatic heterocycles. The molecule has 116 valence electrons. The Morgan fingerprint density at radius 2 is 2.24 bits per heavy atom. The Morgan fingerprint density at radius 3 is 2.86 bits per heavy atom. The van der Waals surface area contributed by atoms with E-state index in [1.807, 2.05) is 34.8 Å². The first kappa shape index (κ1) is 14.6. The minimum Gasteiger partial charge on any atom is -0.383 e. The van der Waals surface area contributed by atoms with Crippen LogP contribution in [-0.4, -0.2) is 54.8 Å². The van der Waals surface area contributed by atoms with Crippen molar-refractivity contribution >= 4 is 5.91 Å². The molecular formula is C16H25N3O2. The zero-order valence-corrected chi connectivity index (χ0v) is 13.0. The highest BCUT2D eigenvalue weighted by molar-refractivity contribution is 5.93. The number of aromatic nitrogens is 1. The summed E-state index contributed by atoms with van der Waals surface area (Å²) in [5.74, 6) is 0.139. The second kappa shape index (κ2) is 5.81. The second-order valence-electron chi connectivity index (χ2n) is 6.50. The number of ether oxygens (including phenoxy) is 1. The zero-order chi connectivity index (χ0) is 14.9. The first-order valence-electron chi connectivity index (χ1n) is 7.77. The van der Waals surface area contributed by atoms with Crippen LogP contribution in [0.2, 0.25) is 0 Å². The summed E-state index contributed by atoms with van der Waals surface area (Å²) >= 11 is 0. The minimum atomic E-state index is 0.139. The zero-order valence-electron chi connectivity index (χ0n) is 13.0. The first-order valence-corrected chi connectivity index (χ1v) is 7.77. The lowest BCUT2D eigenvalue weighted by atomic mass is 9.77. The summed E-state index contributed by atoms with van der Waals surface area (Å²) in [4.78, 5) is 14.9. The van der Waals surface area contributed by atoms with Gasteiger partial charge in [-0.15, -0.1) is 0 Å². The van der Waals surface area contributed by atoms with Gasteiger partial charge >= 0.3 is 0 Å². The molecule has 0 radical (unpaired) electrons. The fraction of sp³-hybridized carbons (Fsp3) is 0.688. The summed E-state index contributed by atoms with van der Waals surface area (Å²) in [5, 5.41) is 3.42. The predicted octanol–water partition coefficient (Wildman–Crippen LogP) is 1.26. The molecule has 2 saturated heterocycles. The molecule has 0 aliphatic carbocycles. The van der Waals surface area contributed by atoms with Crippen molar-refractivity contribution in [3.63, 3.8) is 0 Å². The van der Waals surface area contributed by atoms with Crippen molar-refractivity contribution < 1.29 is 9.53 Å². The summed E-state index contributed by atoms with van der Waals surface area (Å²) in [5.41, 5.74) is 1.05. The molecule has 5 nitrogen and oxygen atoms in total. The molecule has 1 atom stereocenters. The van der Waals surface area contributed by atoms with Crippen molar-refractivity contribution in [2.45, 2.75) is 25.3 Å². The van der Waals surface area contributed by atoms with Gasteiger partial charge in [-0.1, -0.05) is 0 Å². The normalized spacial score (nSPS) is 24.7. The average molecular weight is 291 g/mol. The molecule has 0 bridgehead atoms. The van der Waals surface area contributed by atoms with E-state index < -0.39 is 0 Å². The van der Waals surface area contributed by atoms with E-state index in [4.69, 9.17) is 4.74 Å². The standard InChI is InChI=1S/C16H25N3O2/c1-18-9-3-4-14(18)15(20)19-12-16(5-7-17-8-6-16)10-13(19)11-21-2/h3-4,9,13,17H,5-8,10-12H2,1-2H3. The highest BCUT2D eigenvalue weighted by Gasteiger charge is 2.46.